The SMILES string of the molecule is CCN(CC)C(=O)Sc1ccc(Cl)cc1Cl. The van der Waals surface area contributed by atoms with Gasteiger partial charge in [0.15, 0.2) is 0 Å². The maximum atomic E-state index is 11.8. The summed E-state index contributed by atoms with van der Waals surface area (Å²) < 4.78 is 0. The van der Waals surface area contributed by atoms with E-state index in [-0.39, 0.29) is 5.24 Å². The van der Waals surface area contributed by atoms with Crippen LogP contribution in [-0.4, -0.2) is 23.2 Å². The highest BCUT2D eigenvalue weighted by Crippen LogP contribution is 2.31. The van der Waals surface area contributed by atoms with E-state index < -0.39 is 0 Å². The Morgan fingerprint density at radius 3 is 2.44 bits per heavy atom. The van der Waals surface area contributed by atoms with Crippen molar-refractivity contribution in [1.82, 2.24) is 4.90 Å². The van der Waals surface area contributed by atoms with Gasteiger partial charge in [-0.15, -0.1) is 0 Å². The highest BCUT2D eigenvalue weighted by molar-refractivity contribution is 8.13. The number of amides is 1. The van der Waals surface area contributed by atoms with Crippen LogP contribution < -0.4 is 0 Å². The average Bonchev–Trinajstić information content (AvgIpc) is 2.24. The molecule has 0 aliphatic carbocycles. The van der Waals surface area contributed by atoms with Crippen molar-refractivity contribution in [1.29, 1.82) is 0 Å². The Hall–Kier alpha value is -0.380. The van der Waals surface area contributed by atoms with Gasteiger partial charge in [0.2, 0.25) is 0 Å². The Bertz CT molecular complexity index is 380. The third-order valence-electron chi connectivity index (χ3n) is 2.11. The Morgan fingerprint density at radius 1 is 1.31 bits per heavy atom. The summed E-state index contributed by atoms with van der Waals surface area (Å²) in [4.78, 5) is 14.3. The van der Waals surface area contributed by atoms with Crippen molar-refractivity contribution in [3.05, 3.63) is 28.2 Å². The first-order valence-corrected chi connectivity index (χ1v) is 6.57. The minimum absolute atomic E-state index is 0.00854. The summed E-state index contributed by atoms with van der Waals surface area (Å²) in [6.07, 6.45) is 0. The van der Waals surface area contributed by atoms with Gasteiger partial charge in [-0.25, -0.2) is 0 Å². The highest BCUT2D eigenvalue weighted by Gasteiger charge is 2.13. The number of hydrogen-bond donors (Lipinski definition) is 0. The van der Waals surface area contributed by atoms with Gasteiger partial charge in [-0.1, -0.05) is 23.2 Å². The molecule has 0 fully saturated rings. The standard InChI is InChI=1S/C11H13Cl2NOS/c1-3-14(4-2)11(15)16-10-6-5-8(12)7-9(10)13/h5-7H,3-4H2,1-2H3. The van der Waals surface area contributed by atoms with Gasteiger partial charge in [-0.2, -0.15) is 0 Å². The van der Waals surface area contributed by atoms with Crippen molar-refractivity contribution in [2.75, 3.05) is 13.1 Å². The van der Waals surface area contributed by atoms with E-state index in [0.29, 0.717) is 23.1 Å². The maximum Gasteiger partial charge on any atom is 0.286 e. The Labute approximate surface area is 110 Å². The molecule has 1 amide bonds. The fourth-order valence-corrected chi connectivity index (χ4v) is 2.59. The number of hydrogen-bond acceptors (Lipinski definition) is 2. The van der Waals surface area contributed by atoms with Crippen molar-refractivity contribution in [2.24, 2.45) is 0 Å². The predicted molar refractivity (Wildman–Crippen MR) is 70.6 cm³/mol. The molecule has 1 aromatic rings. The maximum absolute atomic E-state index is 11.8. The second kappa shape index (κ2) is 6.38. The van der Waals surface area contributed by atoms with Gasteiger partial charge >= 0.3 is 0 Å². The lowest BCUT2D eigenvalue weighted by Gasteiger charge is -2.17. The molecule has 0 unspecified atom stereocenters. The van der Waals surface area contributed by atoms with Gasteiger partial charge < -0.3 is 4.90 Å². The molecule has 88 valence electrons. The smallest absolute Gasteiger partial charge is 0.286 e. The van der Waals surface area contributed by atoms with Crippen LogP contribution in [0.4, 0.5) is 4.79 Å². The number of nitrogens with zero attached hydrogens (tertiary/aromatic N) is 1. The Morgan fingerprint density at radius 2 is 1.94 bits per heavy atom. The Balaban J connectivity index is 2.76. The van der Waals surface area contributed by atoms with E-state index in [1.165, 1.54) is 0 Å². The van der Waals surface area contributed by atoms with Crippen LogP contribution in [0.15, 0.2) is 23.1 Å². The van der Waals surface area contributed by atoms with Crippen molar-refractivity contribution in [3.8, 4) is 0 Å². The number of rotatable bonds is 3. The van der Waals surface area contributed by atoms with E-state index in [2.05, 4.69) is 0 Å². The molecule has 5 heteroatoms. The molecule has 0 spiro atoms. The molecule has 1 aromatic carbocycles. The zero-order valence-corrected chi connectivity index (χ0v) is 11.5. The van der Waals surface area contributed by atoms with Crippen molar-refractivity contribution in [2.45, 2.75) is 18.7 Å². The molecule has 0 heterocycles. The van der Waals surface area contributed by atoms with E-state index in [4.69, 9.17) is 23.2 Å². The predicted octanol–water partition coefficient (Wildman–Crippen LogP) is 4.55. The molecule has 1 rings (SSSR count). The van der Waals surface area contributed by atoms with Gasteiger partial charge in [0, 0.05) is 23.0 Å². The number of carbonyl (C=O) groups is 1. The number of carbonyl (C=O) groups excluding carboxylic acids is 1. The van der Waals surface area contributed by atoms with Gasteiger partial charge in [0.05, 0.1) is 5.02 Å². The molecule has 0 aliphatic heterocycles. The topological polar surface area (TPSA) is 20.3 Å². The highest BCUT2D eigenvalue weighted by atomic mass is 35.5. The first kappa shape index (κ1) is 13.7. The zero-order chi connectivity index (χ0) is 12.1. The van der Waals surface area contributed by atoms with E-state index in [1.54, 1.807) is 23.1 Å². The fraction of sp³-hybridized carbons (Fsp3) is 0.364. The second-order valence-corrected chi connectivity index (χ2v) is 4.95. The molecule has 16 heavy (non-hydrogen) atoms. The third kappa shape index (κ3) is 3.58. The van der Waals surface area contributed by atoms with Gasteiger partial charge in [-0.05, 0) is 43.8 Å². The number of halogens is 2. The molecule has 0 atom stereocenters. The van der Waals surface area contributed by atoms with E-state index in [0.717, 1.165) is 16.7 Å². The number of thioether (sulfide) groups is 1. The second-order valence-electron chi connectivity index (χ2n) is 3.12. The van der Waals surface area contributed by atoms with Crippen LogP contribution in [0.1, 0.15) is 13.8 Å². The van der Waals surface area contributed by atoms with E-state index >= 15 is 0 Å². The summed E-state index contributed by atoms with van der Waals surface area (Å²) >= 11 is 12.9. The first-order valence-electron chi connectivity index (χ1n) is 5.00. The van der Waals surface area contributed by atoms with Crippen molar-refractivity contribution in [3.63, 3.8) is 0 Å². The molecule has 0 aliphatic rings. The summed E-state index contributed by atoms with van der Waals surface area (Å²) in [5.41, 5.74) is 0. The molecule has 2 nitrogen and oxygen atoms in total. The molecule has 0 bridgehead atoms. The summed E-state index contributed by atoms with van der Waals surface area (Å²) in [5.74, 6) is 0. The largest absolute Gasteiger partial charge is 0.334 e. The van der Waals surface area contributed by atoms with Crippen LogP contribution >= 0.6 is 35.0 Å². The van der Waals surface area contributed by atoms with Gasteiger partial charge in [-0.3, -0.25) is 4.79 Å². The van der Waals surface area contributed by atoms with Crippen molar-refractivity contribution < 1.29 is 4.79 Å². The normalized spacial score (nSPS) is 10.2. The molecule has 0 radical (unpaired) electrons. The average molecular weight is 278 g/mol. The third-order valence-corrected chi connectivity index (χ3v) is 3.78. The summed E-state index contributed by atoms with van der Waals surface area (Å²) in [6, 6.07) is 5.13. The molecular weight excluding hydrogens is 265 g/mol. The minimum Gasteiger partial charge on any atom is -0.334 e. The van der Waals surface area contributed by atoms with Crippen molar-refractivity contribution >= 4 is 40.2 Å². The monoisotopic (exact) mass is 277 g/mol. The molecule has 0 N–H and O–H groups in total. The summed E-state index contributed by atoms with van der Waals surface area (Å²) in [7, 11) is 0. The lowest BCUT2D eigenvalue weighted by atomic mass is 10.4. The van der Waals surface area contributed by atoms with Gasteiger partial charge in [0.1, 0.15) is 0 Å². The van der Waals surface area contributed by atoms with E-state index in [9.17, 15) is 4.79 Å². The van der Waals surface area contributed by atoms with Crippen LogP contribution in [0.3, 0.4) is 0 Å². The Kier molecular flexibility index (Phi) is 5.46. The van der Waals surface area contributed by atoms with Crippen LogP contribution in [0.5, 0.6) is 0 Å². The van der Waals surface area contributed by atoms with Gasteiger partial charge in [0.25, 0.3) is 5.24 Å². The van der Waals surface area contributed by atoms with Crippen LogP contribution in [0, 0.1) is 0 Å². The zero-order valence-electron chi connectivity index (χ0n) is 9.17. The summed E-state index contributed by atoms with van der Waals surface area (Å²) in [5, 5.41) is 1.09. The van der Waals surface area contributed by atoms with Crippen LogP contribution in [0.25, 0.3) is 0 Å². The molecule has 0 saturated heterocycles. The van der Waals surface area contributed by atoms with Crippen LogP contribution in [-0.2, 0) is 0 Å². The molecule has 0 aromatic heterocycles. The quantitative estimate of drug-likeness (QED) is 0.756. The lowest BCUT2D eigenvalue weighted by Crippen LogP contribution is -2.26. The number of benzene rings is 1. The first-order chi connectivity index (χ1) is 7.58. The summed E-state index contributed by atoms with van der Waals surface area (Å²) in [6.45, 7) is 5.30. The minimum atomic E-state index is 0.00854. The molecular formula is C11H13Cl2NOS. The fourth-order valence-electron chi connectivity index (χ4n) is 1.20. The molecule has 0 saturated carbocycles. The van der Waals surface area contributed by atoms with E-state index in [1.807, 2.05) is 13.8 Å². The lowest BCUT2D eigenvalue weighted by molar-refractivity contribution is 0.228. The van der Waals surface area contributed by atoms with Crippen LogP contribution in [0.2, 0.25) is 10.0 Å².